The number of piperidine rings is 1. The molecule has 1 saturated heterocycles. The molecular weight excluding hydrogens is 304 g/mol. The highest BCUT2D eigenvalue weighted by molar-refractivity contribution is 5.28. The predicted molar refractivity (Wildman–Crippen MR) is 91.8 cm³/mol. The van der Waals surface area contributed by atoms with Gasteiger partial charge in [-0.05, 0) is 44.0 Å². The summed E-state index contributed by atoms with van der Waals surface area (Å²) in [5, 5.41) is 7.66. The molecule has 1 aliphatic rings. The van der Waals surface area contributed by atoms with E-state index in [1.807, 2.05) is 26.0 Å². The summed E-state index contributed by atoms with van der Waals surface area (Å²) in [6.45, 7) is 8.25. The average Bonchev–Trinajstić information content (AvgIpc) is 2.99. The van der Waals surface area contributed by atoms with E-state index >= 15 is 0 Å². The largest absolute Gasteiger partial charge is 0.494 e. The lowest BCUT2D eigenvalue weighted by Gasteiger charge is -2.32. The van der Waals surface area contributed by atoms with Crippen LogP contribution in [0.15, 0.2) is 28.8 Å². The SMILES string of the molecule is CCOc1cccc(CNC2CCCN(Cc3noc(C)n3)C2)c1. The van der Waals surface area contributed by atoms with Crippen molar-refractivity contribution >= 4 is 0 Å². The third-order valence-electron chi connectivity index (χ3n) is 4.24. The van der Waals surface area contributed by atoms with Gasteiger partial charge in [-0.2, -0.15) is 4.98 Å². The molecule has 2 aromatic rings. The van der Waals surface area contributed by atoms with Gasteiger partial charge in [0.1, 0.15) is 5.75 Å². The lowest BCUT2D eigenvalue weighted by molar-refractivity contribution is 0.177. The Hall–Kier alpha value is -1.92. The summed E-state index contributed by atoms with van der Waals surface area (Å²) in [6, 6.07) is 8.79. The number of benzene rings is 1. The molecule has 0 aliphatic carbocycles. The van der Waals surface area contributed by atoms with E-state index in [1.54, 1.807) is 0 Å². The van der Waals surface area contributed by atoms with Crippen LogP contribution in [0, 0.1) is 6.92 Å². The molecule has 0 bridgehead atoms. The van der Waals surface area contributed by atoms with Gasteiger partial charge in [0.25, 0.3) is 0 Å². The smallest absolute Gasteiger partial charge is 0.223 e. The number of hydrogen-bond acceptors (Lipinski definition) is 6. The van der Waals surface area contributed by atoms with Crippen LogP contribution >= 0.6 is 0 Å². The summed E-state index contributed by atoms with van der Waals surface area (Å²) in [5.41, 5.74) is 1.26. The fraction of sp³-hybridized carbons (Fsp3) is 0.556. The highest BCUT2D eigenvalue weighted by Crippen LogP contribution is 2.16. The molecule has 3 rings (SSSR count). The molecule has 1 atom stereocenters. The van der Waals surface area contributed by atoms with E-state index in [2.05, 4.69) is 32.5 Å². The molecule has 1 aromatic carbocycles. The molecule has 0 saturated carbocycles. The Morgan fingerprint density at radius 2 is 2.33 bits per heavy atom. The van der Waals surface area contributed by atoms with Crippen LogP contribution in [0.25, 0.3) is 0 Å². The molecule has 1 unspecified atom stereocenters. The molecule has 1 N–H and O–H groups in total. The number of likely N-dealkylation sites (tertiary alicyclic amines) is 1. The van der Waals surface area contributed by atoms with E-state index in [-0.39, 0.29) is 0 Å². The van der Waals surface area contributed by atoms with Crippen molar-refractivity contribution in [3.05, 3.63) is 41.5 Å². The Balaban J connectivity index is 1.49. The normalized spacial score (nSPS) is 18.7. The molecular formula is C18H26N4O2. The van der Waals surface area contributed by atoms with E-state index in [1.165, 1.54) is 18.4 Å². The third kappa shape index (κ3) is 4.79. The third-order valence-corrected chi connectivity index (χ3v) is 4.24. The maximum Gasteiger partial charge on any atom is 0.223 e. The van der Waals surface area contributed by atoms with Gasteiger partial charge in [-0.25, -0.2) is 0 Å². The highest BCUT2D eigenvalue weighted by atomic mass is 16.5. The first-order valence-corrected chi connectivity index (χ1v) is 8.69. The van der Waals surface area contributed by atoms with Crippen LogP contribution in [0.5, 0.6) is 5.75 Å². The zero-order chi connectivity index (χ0) is 16.8. The van der Waals surface area contributed by atoms with Crippen LogP contribution in [0.1, 0.15) is 37.0 Å². The van der Waals surface area contributed by atoms with E-state index in [4.69, 9.17) is 9.26 Å². The number of rotatable bonds is 7. The minimum Gasteiger partial charge on any atom is -0.494 e. The molecule has 0 amide bonds. The molecule has 0 spiro atoms. The first-order valence-electron chi connectivity index (χ1n) is 8.69. The second kappa shape index (κ2) is 8.26. The highest BCUT2D eigenvalue weighted by Gasteiger charge is 2.21. The second-order valence-electron chi connectivity index (χ2n) is 6.27. The van der Waals surface area contributed by atoms with Crippen molar-refractivity contribution in [1.29, 1.82) is 0 Å². The van der Waals surface area contributed by atoms with Gasteiger partial charge >= 0.3 is 0 Å². The van der Waals surface area contributed by atoms with Gasteiger partial charge in [0, 0.05) is 26.1 Å². The van der Waals surface area contributed by atoms with E-state index in [9.17, 15) is 0 Å². The zero-order valence-corrected chi connectivity index (χ0v) is 14.5. The van der Waals surface area contributed by atoms with Gasteiger partial charge in [-0.15, -0.1) is 0 Å². The van der Waals surface area contributed by atoms with Crippen molar-refractivity contribution in [2.75, 3.05) is 19.7 Å². The number of aromatic nitrogens is 2. The minimum atomic E-state index is 0.488. The van der Waals surface area contributed by atoms with E-state index < -0.39 is 0 Å². The summed E-state index contributed by atoms with van der Waals surface area (Å²) in [4.78, 5) is 6.69. The van der Waals surface area contributed by atoms with Gasteiger partial charge in [0.15, 0.2) is 5.82 Å². The van der Waals surface area contributed by atoms with Gasteiger partial charge < -0.3 is 14.6 Å². The van der Waals surface area contributed by atoms with E-state index in [0.29, 0.717) is 18.5 Å². The lowest BCUT2D eigenvalue weighted by atomic mass is 10.1. The summed E-state index contributed by atoms with van der Waals surface area (Å²) in [6.07, 6.45) is 2.39. The Morgan fingerprint density at radius 3 is 3.12 bits per heavy atom. The molecule has 6 heteroatoms. The topological polar surface area (TPSA) is 63.4 Å². The summed E-state index contributed by atoms with van der Waals surface area (Å²) in [5.74, 6) is 2.35. The fourth-order valence-electron chi connectivity index (χ4n) is 3.15. The quantitative estimate of drug-likeness (QED) is 0.842. The maximum atomic E-state index is 5.56. The molecule has 2 heterocycles. The first kappa shape index (κ1) is 16.9. The number of nitrogens with zero attached hydrogens (tertiary/aromatic N) is 3. The standard InChI is InChI=1S/C18H26N4O2/c1-3-23-17-8-4-6-15(10-17)11-19-16-7-5-9-22(12-16)13-18-20-14(2)24-21-18/h4,6,8,10,16,19H,3,5,7,9,11-13H2,1-2H3. The minimum absolute atomic E-state index is 0.488. The zero-order valence-electron chi connectivity index (χ0n) is 14.5. The molecule has 1 fully saturated rings. The molecule has 24 heavy (non-hydrogen) atoms. The molecule has 1 aliphatic heterocycles. The molecule has 1 aromatic heterocycles. The van der Waals surface area contributed by atoms with Crippen molar-refractivity contribution < 1.29 is 9.26 Å². The first-order chi connectivity index (χ1) is 11.7. The number of ether oxygens (including phenoxy) is 1. The monoisotopic (exact) mass is 330 g/mol. The van der Waals surface area contributed by atoms with Crippen LogP contribution in [0.3, 0.4) is 0 Å². The Bertz CT molecular complexity index is 643. The van der Waals surface area contributed by atoms with Crippen LogP contribution in [-0.2, 0) is 13.1 Å². The molecule has 130 valence electrons. The van der Waals surface area contributed by atoms with Crippen molar-refractivity contribution in [2.24, 2.45) is 0 Å². The van der Waals surface area contributed by atoms with Gasteiger partial charge in [-0.3, -0.25) is 4.90 Å². The van der Waals surface area contributed by atoms with Crippen molar-refractivity contribution in [3.8, 4) is 5.75 Å². The van der Waals surface area contributed by atoms with Crippen molar-refractivity contribution in [1.82, 2.24) is 20.4 Å². The number of hydrogen-bond donors (Lipinski definition) is 1. The summed E-state index contributed by atoms with van der Waals surface area (Å²) in [7, 11) is 0. The summed E-state index contributed by atoms with van der Waals surface area (Å²) < 4.78 is 10.6. The molecule has 6 nitrogen and oxygen atoms in total. The Kier molecular flexibility index (Phi) is 5.82. The van der Waals surface area contributed by atoms with Crippen molar-refractivity contribution in [2.45, 2.75) is 45.8 Å². The molecule has 0 radical (unpaired) electrons. The Labute approximate surface area is 143 Å². The average molecular weight is 330 g/mol. The van der Waals surface area contributed by atoms with Gasteiger partial charge in [0.2, 0.25) is 5.89 Å². The van der Waals surface area contributed by atoms with Crippen LogP contribution < -0.4 is 10.1 Å². The lowest BCUT2D eigenvalue weighted by Crippen LogP contribution is -2.45. The number of aryl methyl sites for hydroxylation is 1. The second-order valence-corrected chi connectivity index (χ2v) is 6.27. The van der Waals surface area contributed by atoms with Crippen LogP contribution in [0.2, 0.25) is 0 Å². The fourth-order valence-corrected chi connectivity index (χ4v) is 3.15. The number of nitrogens with one attached hydrogen (secondary N) is 1. The van der Waals surface area contributed by atoms with Gasteiger partial charge in [0.05, 0.1) is 13.2 Å². The maximum absolute atomic E-state index is 5.56. The van der Waals surface area contributed by atoms with Crippen LogP contribution in [0.4, 0.5) is 0 Å². The van der Waals surface area contributed by atoms with Gasteiger partial charge in [-0.1, -0.05) is 17.3 Å². The summed E-state index contributed by atoms with van der Waals surface area (Å²) >= 11 is 0. The Morgan fingerprint density at radius 1 is 1.42 bits per heavy atom. The van der Waals surface area contributed by atoms with Crippen LogP contribution in [-0.4, -0.2) is 40.8 Å². The van der Waals surface area contributed by atoms with E-state index in [0.717, 1.165) is 37.8 Å². The predicted octanol–water partition coefficient (Wildman–Crippen LogP) is 2.53. The van der Waals surface area contributed by atoms with Crippen molar-refractivity contribution in [3.63, 3.8) is 0 Å².